The molecule has 7 rings (SSSR count). The lowest BCUT2D eigenvalue weighted by Crippen LogP contribution is -2.53. The number of nitrogens with zero attached hydrogens (tertiary/aromatic N) is 2. The van der Waals surface area contributed by atoms with Gasteiger partial charge < -0.3 is 40.2 Å². The number of para-hydroxylation sites is 2. The number of aliphatic hydroxyl groups excluding tert-OH is 1. The monoisotopic (exact) mass is 971 g/mol. The molecule has 17 nitrogen and oxygen atoms in total. The van der Waals surface area contributed by atoms with Crippen molar-refractivity contribution in [3.05, 3.63) is 155 Å². The van der Waals surface area contributed by atoms with E-state index < -0.39 is 48.7 Å². The molecule has 1 saturated heterocycles. The van der Waals surface area contributed by atoms with Gasteiger partial charge in [0, 0.05) is 29.3 Å². The van der Waals surface area contributed by atoms with Gasteiger partial charge in [-0.15, -0.1) is 0 Å². The number of ether oxygens (including phenoxy) is 3. The number of Topliss-reactive ketones (excluding diaryl/α,β-unsaturated/α-hetero) is 3. The Morgan fingerprint density at radius 1 is 0.718 bits per heavy atom. The van der Waals surface area contributed by atoms with E-state index >= 15 is 0 Å². The van der Waals surface area contributed by atoms with Gasteiger partial charge >= 0.3 is 5.97 Å². The zero-order chi connectivity index (χ0) is 52.2. The van der Waals surface area contributed by atoms with Crippen LogP contribution in [0.5, 0.6) is 5.75 Å². The van der Waals surface area contributed by atoms with Crippen LogP contribution in [0.15, 0.2) is 121 Å². The molecular formula is C54H61N5O12. The van der Waals surface area contributed by atoms with Crippen molar-refractivity contribution in [1.29, 1.82) is 0 Å². The number of fused-ring (bicyclic) bond motifs is 1. The third kappa shape index (κ3) is 16.7. The average molecular weight is 972 g/mol. The van der Waals surface area contributed by atoms with Crippen LogP contribution in [0.4, 0.5) is 17.1 Å². The molecule has 17 heteroatoms. The van der Waals surface area contributed by atoms with Crippen LogP contribution in [-0.2, 0) is 40.1 Å². The van der Waals surface area contributed by atoms with Gasteiger partial charge in [-0.3, -0.25) is 43.3 Å². The fourth-order valence-corrected chi connectivity index (χ4v) is 7.38. The van der Waals surface area contributed by atoms with Crippen LogP contribution in [0.1, 0.15) is 81.9 Å². The van der Waals surface area contributed by atoms with Crippen LogP contribution >= 0.6 is 0 Å². The smallest absolute Gasteiger partial charge is 0.310 e. The van der Waals surface area contributed by atoms with Crippen molar-refractivity contribution in [2.24, 2.45) is 0 Å². The minimum absolute atomic E-state index is 0.00970. The molecule has 0 aromatic heterocycles. The molecule has 0 aliphatic carbocycles. The van der Waals surface area contributed by atoms with Crippen LogP contribution < -0.4 is 30.5 Å². The fraction of sp³-hybridized carbons (Fsp3) is 0.296. The van der Waals surface area contributed by atoms with Gasteiger partial charge in [0.15, 0.2) is 17.3 Å². The summed E-state index contributed by atoms with van der Waals surface area (Å²) in [5.74, 6) is -1.01. The number of carbonyl (C=O) groups excluding carboxylic acids is 8. The van der Waals surface area contributed by atoms with E-state index in [2.05, 4.69) is 16.0 Å². The SMILES string of the molecule is CC(=O)Nc1ccc(C(C)=O)cc1.CC(=O)c1ccccc1.CN[C@H]1CN(C(=O)CO)c2ccccc2N(CC(=O)NC2CC(=O)OC2OCc2ccccc2)C1=O.COc1c(C)cc(C(C)=O)cc1C. The quantitative estimate of drug-likeness (QED) is 0.0766. The van der Waals surface area contributed by atoms with Gasteiger partial charge in [-0.1, -0.05) is 72.8 Å². The molecule has 71 heavy (non-hydrogen) atoms. The van der Waals surface area contributed by atoms with Crippen molar-refractivity contribution in [2.75, 3.05) is 49.0 Å². The van der Waals surface area contributed by atoms with Crippen molar-refractivity contribution in [3.8, 4) is 5.75 Å². The molecule has 3 atom stereocenters. The first-order chi connectivity index (χ1) is 33.9. The molecule has 0 saturated carbocycles. The molecule has 374 valence electrons. The second-order valence-electron chi connectivity index (χ2n) is 16.4. The van der Waals surface area contributed by atoms with Gasteiger partial charge in [0.05, 0.1) is 38.1 Å². The first-order valence-corrected chi connectivity index (χ1v) is 22.6. The van der Waals surface area contributed by atoms with E-state index in [9.17, 15) is 43.5 Å². The second kappa shape index (κ2) is 27.4. The molecule has 0 bridgehead atoms. The summed E-state index contributed by atoms with van der Waals surface area (Å²) < 4.78 is 16.2. The van der Waals surface area contributed by atoms with Crippen LogP contribution in [0.25, 0.3) is 0 Å². The van der Waals surface area contributed by atoms with Crippen molar-refractivity contribution in [3.63, 3.8) is 0 Å². The number of cyclic esters (lactones) is 1. The molecule has 5 aromatic carbocycles. The summed E-state index contributed by atoms with van der Waals surface area (Å²) in [7, 11) is 3.22. The Labute approximate surface area is 413 Å². The zero-order valence-corrected chi connectivity index (χ0v) is 41.1. The number of likely N-dealkylation sites (N-methyl/N-ethyl adjacent to an activating group) is 1. The van der Waals surface area contributed by atoms with E-state index in [0.29, 0.717) is 22.6 Å². The number of methoxy groups -OCH3 is 1. The number of anilines is 3. The molecular weight excluding hydrogens is 911 g/mol. The van der Waals surface area contributed by atoms with Crippen LogP contribution in [0.2, 0.25) is 0 Å². The highest BCUT2D eigenvalue weighted by Crippen LogP contribution is 2.33. The minimum Gasteiger partial charge on any atom is -0.496 e. The summed E-state index contributed by atoms with van der Waals surface area (Å²) in [5, 5.41) is 17.7. The first kappa shape index (κ1) is 55.7. The summed E-state index contributed by atoms with van der Waals surface area (Å²) in [5.41, 5.74) is 6.53. The molecule has 4 amide bonds. The summed E-state index contributed by atoms with van der Waals surface area (Å²) in [6, 6.07) is 34.2. The van der Waals surface area contributed by atoms with Crippen LogP contribution in [-0.4, -0.2) is 104 Å². The van der Waals surface area contributed by atoms with Gasteiger partial charge in [-0.05, 0) is 107 Å². The summed E-state index contributed by atoms with van der Waals surface area (Å²) in [6.45, 7) is 9.08. The van der Waals surface area contributed by atoms with Crippen LogP contribution in [0.3, 0.4) is 0 Å². The standard InChI is InChI=1S/C25H28N4O7.C11H14O2.C10H11NO2.C8H8O/c1-26-18-12-28(22(32)14-30)19-9-5-6-10-20(19)29(24(18)34)13-21(31)27-17-11-23(33)36-25(17)35-15-16-7-3-2-4-8-16;1-7-5-10(9(3)12)6-8(2)11(7)13-4;1-7(12)9-3-5-10(6-4-9)11-8(2)13;1-7(9)8-5-3-2-4-6-8/h2-10,17-18,25-26,30H,11-15H2,1H3,(H,27,31);5-6H,1-4H3;3-6H,1-2H3,(H,11,13);2-6H,1H3/t17?,18-,25?;;;/m0.../s1. The molecule has 2 aliphatic heterocycles. The first-order valence-electron chi connectivity index (χ1n) is 22.6. The number of amides is 4. The molecule has 2 heterocycles. The lowest BCUT2D eigenvalue weighted by Gasteiger charge is -2.26. The Morgan fingerprint density at radius 2 is 1.25 bits per heavy atom. The lowest BCUT2D eigenvalue weighted by molar-refractivity contribution is -0.168. The van der Waals surface area contributed by atoms with Crippen molar-refractivity contribution in [2.45, 2.75) is 72.9 Å². The Bertz CT molecular complexity index is 2640. The molecule has 5 aromatic rings. The number of carbonyl (C=O) groups is 8. The number of hydrogen-bond acceptors (Lipinski definition) is 13. The zero-order valence-electron chi connectivity index (χ0n) is 41.1. The van der Waals surface area contributed by atoms with E-state index in [4.69, 9.17) is 14.2 Å². The highest BCUT2D eigenvalue weighted by Gasteiger charge is 2.39. The van der Waals surface area contributed by atoms with Gasteiger partial charge in [0.2, 0.25) is 24.0 Å². The Balaban J connectivity index is 0.000000253. The predicted molar refractivity (Wildman–Crippen MR) is 268 cm³/mol. The van der Waals surface area contributed by atoms with Gasteiger partial charge in [-0.25, -0.2) is 0 Å². The molecule has 4 N–H and O–H groups in total. The molecule has 2 aliphatic rings. The van der Waals surface area contributed by atoms with E-state index in [1.807, 2.05) is 86.6 Å². The number of benzene rings is 5. The number of esters is 1. The Hall–Kier alpha value is -7.86. The number of nitrogens with one attached hydrogen (secondary N) is 3. The Kier molecular flexibility index (Phi) is 21.5. The van der Waals surface area contributed by atoms with Gasteiger partial charge in [0.25, 0.3) is 5.91 Å². The maximum atomic E-state index is 13.3. The maximum absolute atomic E-state index is 13.3. The third-order valence-corrected chi connectivity index (χ3v) is 10.9. The number of hydrogen-bond donors (Lipinski definition) is 4. The second-order valence-corrected chi connectivity index (χ2v) is 16.4. The van der Waals surface area contributed by atoms with Gasteiger partial charge in [0.1, 0.15) is 31.0 Å². The van der Waals surface area contributed by atoms with Crippen LogP contribution in [0, 0.1) is 13.8 Å². The number of ketones is 3. The molecule has 2 unspecified atom stereocenters. The predicted octanol–water partition coefficient (Wildman–Crippen LogP) is 6.17. The summed E-state index contributed by atoms with van der Waals surface area (Å²) in [6.07, 6.45) is -1.02. The number of aliphatic hydroxyl groups is 1. The van der Waals surface area contributed by atoms with E-state index in [0.717, 1.165) is 33.6 Å². The topological polar surface area (TPSA) is 227 Å². The van der Waals surface area contributed by atoms with E-state index in [1.165, 1.54) is 23.6 Å². The highest BCUT2D eigenvalue weighted by atomic mass is 16.7. The lowest BCUT2D eigenvalue weighted by atomic mass is 10.0. The highest BCUT2D eigenvalue weighted by molar-refractivity contribution is 6.09. The van der Waals surface area contributed by atoms with Crippen molar-refractivity contribution in [1.82, 2.24) is 10.6 Å². The minimum atomic E-state index is -0.962. The number of aryl methyl sites for hydroxylation is 2. The third-order valence-electron chi connectivity index (χ3n) is 10.9. The number of rotatable bonds is 13. The summed E-state index contributed by atoms with van der Waals surface area (Å²) in [4.78, 5) is 96.6. The molecule has 0 spiro atoms. The largest absolute Gasteiger partial charge is 0.496 e. The van der Waals surface area contributed by atoms with Crippen molar-refractivity contribution >= 4 is 64.0 Å². The Morgan fingerprint density at radius 3 is 1.76 bits per heavy atom. The summed E-state index contributed by atoms with van der Waals surface area (Å²) >= 11 is 0. The fourth-order valence-electron chi connectivity index (χ4n) is 7.38. The average Bonchev–Trinajstić information content (AvgIpc) is 3.65. The van der Waals surface area contributed by atoms with E-state index in [1.54, 1.807) is 76.5 Å². The van der Waals surface area contributed by atoms with E-state index in [-0.39, 0.29) is 49.4 Å². The maximum Gasteiger partial charge on any atom is 0.310 e. The van der Waals surface area contributed by atoms with Gasteiger partial charge in [-0.2, -0.15) is 0 Å². The molecule has 0 radical (unpaired) electrons. The van der Waals surface area contributed by atoms with Crippen molar-refractivity contribution < 1.29 is 57.7 Å². The normalized spacial score (nSPS) is 15.6. The molecule has 1 fully saturated rings.